The van der Waals surface area contributed by atoms with Crippen molar-refractivity contribution in [3.63, 3.8) is 0 Å². The number of ketones is 1. The van der Waals surface area contributed by atoms with Crippen LogP contribution < -0.4 is 0 Å². The van der Waals surface area contributed by atoms with E-state index in [0.29, 0.717) is 0 Å². The number of alkyl halides is 3. The number of rotatable bonds is 1. The van der Waals surface area contributed by atoms with Crippen molar-refractivity contribution in [1.82, 2.24) is 0 Å². The van der Waals surface area contributed by atoms with E-state index in [1.54, 1.807) is 19.9 Å². The van der Waals surface area contributed by atoms with Crippen molar-refractivity contribution in [2.24, 2.45) is 10.6 Å². The van der Waals surface area contributed by atoms with Gasteiger partial charge in [0.2, 0.25) is 5.41 Å². The molecule has 128 valence electrons. The normalized spacial score (nSPS) is 28.0. The van der Waals surface area contributed by atoms with Crippen molar-refractivity contribution >= 4 is 11.7 Å². The van der Waals surface area contributed by atoms with Gasteiger partial charge in [-0.2, -0.15) is 13.2 Å². The fraction of sp³-hybridized carbons (Fsp3) is 0.412. The Morgan fingerprint density at radius 3 is 2.33 bits per heavy atom. The van der Waals surface area contributed by atoms with Crippen LogP contribution in [0.1, 0.15) is 32.3 Å². The van der Waals surface area contributed by atoms with Gasteiger partial charge in [0.25, 0.3) is 5.90 Å². The van der Waals surface area contributed by atoms with E-state index in [9.17, 15) is 23.2 Å². The molecule has 1 atom stereocenters. The summed E-state index contributed by atoms with van der Waals surface area (Å²) in [7, 11) is 0. The zero-order valence-electron chi connectivity index (χ0n) is 13.1. The number of carbonyl (C=O) groups excluding carboxylic acids is 1. The first kappa shape index (κ1) is 16.5. The van der Waals surface area contributed by atoms with Gasteiger partial charge in [0, 0.05) is 12.8 Å². The van der Waals surface area contributed by atoms with Crippen LogP contribution in [0.5, 0.6) is 0 Å². The third-order valence-corrected chi connectivity index (χ3v) is 4.47. The van der Waals surface area contributed by atoms with Gasteiger partial charge in [0.15, 0.2) is 5.78 Å². The molecule has 24 heavy (non-hydrogen) atoms. The molecule has 4 nitrogen and oxygen atoms in total. The van der Waals surface area contributed by atoms with Gasteiger partial charge in [-0.25, -0.2) is 0 Å². The van der Waals surface area contributed by atoms with Crippen molar-refractivity contribution in [1.29, 1.82) is 0 Å². The molecule has 1 N–H and O–H groups in total. The Balaban J connectivity index is 2.35. The quantitative estimate of drug-likeness (QED) is 0.623. The van der Waals surface area contributed by atoms with Gasteiger partial charge in [-0.15, -0.1) is 0 Å². The largest absolute Gasteiger partial charge is 0.442 e. The summed E-state index contributed by atoms with van der Waals surface area (Å²) in [5, 5.41) is 12.0. The Labute approximate surface area is 136 Å². The summed E-state index contributed by atoms with van der Waals surface area (Å²) in [4.78, 5) is 12.6. The molecular weight excluding hydrogens is 323 g/mol. The van der Waals surface area contributed by atoms with Crippen LogP contribution in [-0.2, 0) is 14.9 Å². The van der Waals surface area contributed by atoms with E-state index in [0.717, 1.165) is 0 Å². The molecule has 7 heteroatoms. The van der Waals surface area contributed by atoms with Gasteiger partial charge in [0.1, 0.15) is 5.76 Å². The maximum Gasteiger partial charge on any atom is 0.411 e. The number of Topliss-reactive ketones (excluding diaryl/α,β-unsaturated/α-hetero) is 1. The molecule has 3 rings (SSSR count). The lowest BCUT2D eigenvalue weighted by molar-refractivity contribution is -0.163. The average molecular weight is 339 g/mol. The molecule has 0 fully saturated rings. The summed E-state index contributed by atoms with van der Waals surface area (Å²) in [6.45, 7) is 3.56. The second kappa shape index (κ2) is 5.09. The van der Waals surface area contributed by atoms with Crippen molar-refractivity contribution in [3.05, 3.63) is 47.2 Å². The Kier molecular flexibility index (Phi) is 3.51. The Morgan fingerprint density at radius 2 is 1.79 bits per heavy atom. The number of oxime groups is 1. The van der Waals surface area contributed by atoms with Crippen LogP contribution in [0.2, 0.25) is 0 Å². The summed E-state index contributed by atoms with van der Waals surface area (Å²) < 4.78 is 47.9. The minimum atomic E-state index is -4.90. The van der Waals surface area contributed by atoms with Crippen LogP contribution in [0.25, 0.3) is 0 Å². The first-order valence-electron chi connectivity index (χ1n) is 7.43. The number of allylic oxidation sites excluding steroid dienone is 1. The molecule has 1 heterocycles. The van der Waals surface area contributed by atoms with E-state index in [-0.39, 0.29) is 24.2 Å². The van der Waals surface area contributed by atoms with Gasteiger partial charge in [-0.3, -0.25) is 4.79 Å². The molecule has 1 aliphatic carbocycles. The van der Waals surface area contributed by atoms with E-state index in [2.05, 4.69) is 5.16 Å². The number of hydrogen-bond donors (Lipinski definition) is 1. The predicted molar refractivity (Wildman–Crippen MR) is 79.5 cm³/mol. The first-order chi connectivity index (χ1) is 11.1. The number of halogens is 3. The van der Waals surface area contributed by atoms with Gasteiger partial charge < -0.3 is 9.94 Å². The van der Waals surface area contributed by atoms with Gasteiger partial charge in [0.05, 0.1) is 5.57 Å². The predicted octanol–water partition coefficient (Wildman–Crippen LogP) is 3.95. The summed E-state index contributed by atoms with van der Waals surface area (Å²) in [5.74, 6) is -1.62. The first-order valence-corrected chi connectivity index (χ1v) is 7.43. The fourth-order valence-electron chi connectivity index (χ4n) is 3.55. The lowest BCUT2D eigenvalue weighted by atomic mass is 9.66. The van der Waals surface area contributed by atoms with Crippen molar-refractivity contribution in [2.75, 3.05) is 0 Å². The summed E-state index contributed by atoms with van der Waals surface area (Å²) in [6, 6.07) is 6.96. The molecule has 0 radical (unpaired) electrons. The Morgan fingerprint density at radius 1 is 1.17 bits per heavy atom. The monoisotopic (exact) mass is 339 g/mol. The van der Waals surface area contributed by atoms with Crippen molar-refractivity contribution < 1.29 is 27.9 Å². The molecule has 0 saturated carbocycles. The fourth-order valence-corrected chi connectivity index (χ4v) is 3.55. The molecule has 0 saturated heterocycles. The number of hydrogen-bond acceptors (Lipinski definition) is 4. The minimum Gasteiger partial charge on any atom is -0.442 e. The Bertz CT molecular complexity index is 750. The SMILES string of the molecule is CC1(C)CC(=O)C2=C(C1)O/C(=N\O)[C@]2(c1ccccc1)C(F)(F)F. The lowest BCUT2D eigenvalue weighted by Crippen LogP contribution is -2.51. The minimum absolute atomic E-state index is 0.0292. The molecule has 1 aromatic carbocycles. The maximum absolute atomic E-state index is 14.2. The van der Waals surface area contributed by atoms with Crippen LogP contribution in [0.15, 0.2) is 46.8 Å². The van der Waals surface area contributed by atoms with Crippen molar-refractivity contribution in [2.45, 2.75) is 38.3 Å². The third-order valence-electron chi connectivity index (χ3n) is 4.47. The third kappa shape index (κ3) is 2.14. The van der Waals surface area contributed by atoms with E-state index >= 15 is 0 Å². The van der Waals surface area contributed by atoms with E-state index in [1.807, 2.05) is 0 Å². The van der Waals surface area contributed by atoms with Crippen LogP contribution in [-0.4, -0.2) is 23.1 Å². The summed E-state index contributed by atoms with van der Waals surface area (Å²) in [6.07, 6.45) is -4.76. The molecule has 1 aromatic rings. The number of benzene rings is 1. The molecular formula is C17H16F3NO3. The molecule has 0 spiro atoms. The number of nitrogens with zero attached hydrogens (tertiary/aromatic N) is 1. The van der Waals surface area contributed by atoms with Gasteiger partial charge in [-0.05, 0) is 11.0 Å². The van der Waals surface area contributed by atoms with Crippen LogP contribution in [0.4, 0.5) is 13.2 Å². The van der Waals surface area contributed by atoms with Gasteiger partial charge >= 0.3 is 6.18 Å². The standard InChI is InChI=1S/C17H16F3NO3/c1-15(2)8-11(22)13-12(9-15)24-14(21-23)16(13,17(18,19)20)10-6-4-3-5-7-10/h3-7,23H,8-9H2,1-2H3/b21-14-/t16-/m1/s1. The van der Waals surface area contributed by atoms with Gasteiger partial charge in [-0.1, -0.05) is 49.3 Å². The lowest BCUT2D eigenvalue weighted by Gasteiger charge is -2.35. The van der Waals surface area contributed by atoms with Crippen LogP contribution in [0, 0.1) is 5.41 Å². The average Bonchev–Trinajstić information content (AvgIpc) is 2.81. The molecule has 2 aliphatic rings. The van der Waals surface area contributed by atoms with E-state index < -0.39 is 34.3 Å². The number of ether oxygens (including phenoxy) is 1. The molecule has 1 aliphatic heterocycles. The van der Waals surface area contributed by atoms with Crippen LogP contribution >= 0.6 is 0 Å². The van der Waals surface area contributed by atoms with Crippen LogP contribution in [0.3, 0.4) is 0 Å². The summed E-state index contributed by atoms with van der Waals surface area (Å²) >= 11 is 0. The van der Waals surface area contributed by atoms with E-state index in [4.69, 9.17) is 4.74 Å². The van der Waals surface area contributed by atoms with Crippen molar-refractivity contribution in [3.8, 4) is 0 Å². The highest BCUT2D eigenvalue weighted by molar-refractivity contribution is 6.11. The molecule has 0 amide bonds. The highest BCUT2D eigenvalue weighted by Crippen LogP contribution is 2.57. The summed E-state index contributed by atoms with van der Waals surface area (Å²) in [5.41, 5.74) is -4.06. The second-order valence-corrected chi connectivity index (χ2v) is 6.86. The molecule has 0 aromatic heterocycles. The van der Waals surface area contributed by atoms with E-state index in [1.165, 1.54) is 24.3 Å². The Hall–Kier alpha value is -2.31. The highest BCUT2D eigenvalue weighted by atomic mass is 19.4. The second-order valence-electron chi connectivity index (χ2n) is 6.86. The topological polar surface area (TPSA) is 58.9 Å². The zero-order valence-corrected chi connectivity index (χ0v) is 13.1. The highest BCUT2D eigenvalue weighted by Gasteiger charge is 2.70. The molecule has 0 bridgehead atoms. The number of carbonyl (C=O) groups is 1. The smallest absolute Gasteiger partial charge is 0.411 e. The zero-order chi connectivity index (χ0) is 17.8. The molecule has 0 unspecified atom stereocenters. The maximum atomic E-state index is 14.2.